The molecule has 4 rings (SSSR count). The van der Waals surface area contributed by atoms with E-state index >= 15 is 0 Å². The summed E-state index contributed by atoms with van der Waals surface area (Å²) in [6.07, 6.45) is 0. The number of carbonyl (C=O) groups is 1. The Labute approximate surface area is 151 Å². The summed E-state index contributed by atoms with van der Waals surface area (Å²) in [5.74, 6) is -1.42. The summed E-state index contributed by atoms with van der Waals surface area (Å²) in [5, 5.41) is 16.3. The molecule has 0 atom stereocenters. The van der Waals surface area contributed by atoms with Gasteiger partial charge in [-0.1, -0.05) is 18.2 Å². The van der Waals surface area contributed by atoms with E-state index in [4.69, 9.17) is 9.84 Å². The van der Waals surface area contributed by atoms with Gasteiger partial charge in [-0.15, -0.1) is 11.3 Å². The van der Waals surface area contributed by atoms with Crippen molar-refractivity contribution in [2.24, 2.45) is 0 Å². The Hall–Kier alpha value is -3.26. The van der Waals surface area contributed by atoms with Crippen LogP contribution in [0.2, 0.25) is 0 Å². The molecule has 2 aromatic heterocycles. The number of methoxy groups -OCH3 is 1. The highest BCUT2D eigenvalue weighted by atomic mass is 32.1. The van der Waals surface area contributed by atoms with Crippen molar-refractivity contribution in [2.75, 3.05) is 7.11 Å². The molecule has 130 valence electrons. The molecular weight excluding hydrogens is 357 g/mol. The van der Waals surface area contributed by atoms with Crippen LogP contribution in [-0.4, -0.2) is 33.0 Å². The van der Waals surface area contributed by atoms with Crippen molar-refractivity contribution in [3.63, 3.8) is 0 Å². The first-order valence-corrected chi connectivity index (χ1v) is 8.47. The molecule has 0 amide bonds. The first kappa shape index (κ1) is 16.2. The summed E-state index contributed by atoms with van der Waals surface area (Å²) in [4.78, 5) is 15.2. The first-order chi connectivity index (χ1) is 12.6. The van der Waals surface area contributed by atoms with Crippen molar-refractivity contribution < 1.29 is 19.0 Å². The van der Waals surface area contributed by atoms with E-state index in [1.807, 2.05) is 24.3 Å². The number of aromatic carboxylic acids is 1. The zero-order valence-electron chi connectivity index (χ0n) is 13.5. The van der Waals surface area contributed by atoms with Gasteiger partial charge in [0.25, 0.3) is 0 Å². The molecule has 0 aliphatic heterocycles. The number of benzene rings is 2. The van der Waals surface area contributed by atoms with E-state index in [0.29, 0.717) is 16.4 Å². The highest BCUT2D eigenvalue weighted by Crippen LogP contribution is 2.32. The van der Waals surface area contributed by atoms with Crippen LogP contribution in [0.4, 0.5) is 4.39 Å². The third-order valence-corrected chi connectivity index (χ3v) is 4.72. The molecule has 0 spiro atoms. The lowest BCUT2D eigenvalue weighted by atomic mass is 10.1. The molecule has 0 saturated carbocycles. The summed E-state index contributed by atoms with van der Waals surface area (Å²) in [6.45, 7) is 0. The maximum absolute atomic E-state index is 14.1. The smallest absolute Gasteiger partial charge is 0.355 e. The molecule has 2 aromatic carbocycles. The van der Waals surface area contributed by atoms with E-state index in [0.717, 1.165) is 10.9 Å². The normalized spacial score (nSPS) is 11.0. The Morgan fingerprint density at radius 1 is 1.27 bits per heavy atom. The lowest BCUT2D eigenvalue weighted by Crippen LogP contribution is -2.00. The van der Waals surface area contributed by atoms with Crippen LogP contribution in [0.1, 0.15) is 10.5 Å². The maximum atomic E-state index is 14.1. The largest absolute Gasteiger partial charge is 0.494 e. The highest BCUT2D eigenvalue weighted by molar-refractivity contribution is 7.12. The lowest BCUT2D eigenvalue weighted by Gasteiger charge is -2.03. The van der Waals surface area contributed by atoms with Crippen molar-refractivity contribution in [1.29, 1.82) is 0 Å². The predicted molar refractivity (Wildman–Crippen MR) is 95.6 cm³/mol. The molecule has 0 radical (unpaired) electrons. The number of aromatic nitrogens is 3. The second-order valence-corrected chi connectivity index (χ2v) is 6.28. The van der Waals surface area contributed by atoms with Crippen molar-refractivity contribution in [1.82, 2.24) is 14.8 Å². The van der Waals surface area contributed by atoms with Crippen LogP contribution >= 0.6 is 11.3 Å². The summed E-state index contributed by atoms with van der Waals surface area (Å²) in [5.41, 5.74) is 1.88. The van der Waals surface area contributed by atoms with E-state index in [-0.39, 0.29) is 11.4 Å². The molecule has 6 nitrogen and oxygen atoms in total. The average Bonchev–Trinajstić information content (AvgIpc) is 3.26. The number of carboxylic acids is 1. The summed E-state index contributed by atoms with van der Waals surface area (Å²) < 4.78 is 20.7. The maximum Gasteiger partial charge on any atom is 0.355 e. The van der Waals surface area contributed by atoms with E-state index in [2.05, 4.69) is 10.1 Å². The van der Waals surface area contributed by atoms with E-state index in [1.54, 1.807) is 16.8 Å². The molecule has 0 aliphatic carbocycles. The number of nitrogens with zero attached hydrogens (tertiary/aromatic N) is 3. The molecule has 0 saturated heterocycles. The third-order valence-electron chi connectivity index (χ3n) is 3.90. The minimum atomic E-state index is -1.10. The van der Waals surface area contributed by atoms with E-state index in [1.165, 1.54) is 29.9 Å². The second-order valence-electron chi connectivity index (χ2n) is 5.45. The monoisotopic (exact) mass is 369 g/mol. The SMILES string of the molecule is COc1ccc(-c2nn(-c3nc(C(=O)O)cs3)c3ccccc23)cc1F. The van der Waals surface area contributed by atoms with E-state index < -0.39 is 11.8 Å². The predicted octanol–water partition coefficient (Wildman–Crippen LogP) is 3.99. The molecular formula is C18H12FN3O3S. The molecule has 26 heavy (non-hydrogen) atoms. The Bertz CT molecular complexity index is 1140. The molecule has 0 bridgehead atoms. The Kier molecular flexibility index (Phi) is 3.89. The molecule has 1 N–H and O–H groups in total. The number of carboxylic acid groups (broad SMARTS) is 1. The fourth-order valence-electron chi connectivity index (χ4n) is 2.70. The summed E-state index contributed by atoms with van der Waals surface area (Å²) in [7, 11) is 1.41. The molecule has 8 heteroatoms. The fraction of sp³-hybridized carbons (Fsp3) is 0.0556. The van der Waals surface area contributed by atoms with Crippen molar-refractivity contribution >= 4 is 28.2 Å². The third kappa shape index (κ3) is 2.60. The molecule has 0 fully saturated rings. The number of para-hydroxylation sites is 1. The van der Waals surface area contributed by atoms with Crippen LogP contribution < -0.4 is 4.74 Å². The van der Waals surface area contributed by atoms with Crippen molar-refractivity contribution in [3.05, 3.63) is 59.4 Å². The van der Waals surface area contributed by atoms with Gasteiger partial charge in [0.2, 0.25) is 5.13 Å². The molecule has 0 unspecified atom stereocenters. The fourth-order valence-corrected chi connectivity index (χ4v) is 3.46. The van der Waals surface area contributed by atoms with Crippen molar-refractivity contribution in [3.8, 4) is 22.1 Å². The number of hydrogen-bond acceptors (Lipinski definition) is 5. The zero-order valence-corrected chi connectivity index (χ0v) is 14.3. The van der Waals surface area contributed by atoms with Gasteiger partial charge in [-0.25, -0.2) is 18.9 Å². The van der Waals surface area contributed by atoms with Gasteiger partial charge >= 0.3 is 5.97 Å². The van der Waals surface area contributed by atoms with Gasteiger partial charge in [0, 0.05) is 16.3 Å². The second kappa shape index (κ2) is 6.23. The van der Waals surface area contributed by atoms with Gasteiger partial charge in [-0.3, -0.25) is 0 Å². The Morgan fingerprint density at radius 3 is 2.77 bits per heavy atom. The number of hydrogen-bond donors (Lipinski definition) is 1. The number of fused-ring (bicyclic) bond motifs is 1. The highest BCUT2D eigenvalue weighted by Gasteiger charge is 2.18. The molecule has 4 aromatic rings. The van der Waals surface area contributed by atoms with Crippen LogP contribution in [0.5, 0.6) is 5.75 Å². The lowest BCUT2D eigenvalue weighted by molar-refractivity contribution is 0.0691. The van der Waals surface area contributed by atoms with Gasteiger partial charge in [-0.05, 0) is 24.3 Å². The molecule has 2 heterocycles. The number of ether oxygens (including phenoxy) is 1. The quantitative estimate of drug-likeness (QED) is 0.588. The van der Waals surface area contributed by atoms with Gasteiger partial charge in [0.05, 0.1) is 12.6 Å². The summed E-state index contributed by atoms with van der Waals surface area (Å²) >= 11 is 1.18. The number of thiazole rings is 1. The average molecular weight is 369 g/mol. The van der Waals surface area contributed by atoms with Crippen LogP contribution in [0.3, 0.4) is 0 Å². The standard InChI is InChI=1S/C18H12FN3O3S/c1-25-15-7-6-10(8-12(15)19)16-11-4-2-3-5-14(11)22(21-16)18-20-13(9-26-18)17(23)24/h2-9H,1H3,(H,23,24). The minimum absolute atomic E-state index is 0.0402. The zero-order chi connectivity index (χ0) is 18.3. The first-order valence-electron chi connectivity index (χ1n) is 7.59. The minimum Gasteiger partial charge on any atom is -0.494 e. The van der Waals surface area contributed by atoms with Crippen molar-refractivity contribution in [2.45, 2.75) is 0 Å². The van der Waals surface area contributed by atoms with Gasteiger partial charge in [-0.2, -0.15) is 5.10 Å². The van der Waals surface area contributed by atoms with E-state index in [9.17, 15) is 9.18 Å². The van der Waals surface area contributed by atoms with Gasteiger partial charge < -0.3 is 9.84 Å². The van der Waals surface area contributed by atoms with Crippen LogP contribution in [0.25, 0.3) is 27.3 Å². The van der Waals surface area contributed by atoms with Gasteiger partial charge in [0.1, 0.15) is 5.69 Å². The van der Waals surface area contributed by atoms with Crippen LogP contribution in [0.15, 0.2) is 47.8 Å². The summed E-state index contributed by atoms with van der Waals surface area (Å²) in [6, 6.07) is 12.1. The Morgan fingerprint density at radius 2 is 2.08 bits per heavy atom. The number of halogens is 1. The molecule has 0 aliphatic rings. The topological polar surface area (TPSA) is 77.2 Å². The number of rotatable bonds is 4. The van der Waals surface area contributed by atoms with Crippen LogP contribution in [-0.2, 0) is 0 Å². The Balaban J connectivity index is 1.91. The van der Waals surface area contributed by atoms with Crippen LogP contribution in [0, 0.1) is 5.82 Å². The van der Waals surface area contributed by atoms with Gasteiger partial charge in [0.15, 0.2) is 17.3 Å².